The van der Waals surface area contributed by atoms with Gasteiger partial charge in [-0.15, -0.1) is 11.3 Å². The fourth-order valence-corrected chi connectivity index (χ4v) is 2.28. The smallest absolute Gasteiger partial charge is 0.341 e. The molecule has 0 radical (unpaired) electrons. The molecule has 0 spiro atoms. The lowest BCUT2D eigenvalue weighted by Crippen LogP contribution is -2.06. The average molecular weight is 250 g/mol. The van der Waals surface area contributed by atoms with E-state index in [4.69, 9.17) is 4.74 Å². The van der Waals surface area contributed by atoms with Gasteiger partial charge in [0.2, 0.25) is 0 Å². The SMILES string of the molecule is Cc1ccsc1COC(=O)c1cnn(C)c1C. The highest BCUT2D eigenvalue weighted by molar-refractivity contribution is 7.10. The molecule has 2 rings (SSSR count). The monoisotopic (exact) mass is 250 g/mol. The topological polar surface area (TPSA) is 44.1 Å². The number of carbonyl (C=O) groups excluding carboxylic acids is 1. The van der Waals surface area contributed by atoms with E-state index in [1.165, 1.54) is 0 Å². The van der Waals surface area contributed by atoms with Crippen LogP contribution in [0.1, 0.15) is 26.5 Å². The molecule has 5 heteroatoms. The summed E-state index contributed by atoms with van der Waals surface area (Å²) in [5.74, 6) is -0.316. The highest BCUT2D eigenvalue weighted by atomic mass is 32.1. The molecule has 90 valence electrons. The molecule has 0 bridgehead atoms. The number of esters is 1. The van der Waals surface area contributed by atoms with Gasteiger partial charge in [0.05, 0.1) is 6.20 Å². The van der Waals surface area contributed by atoms with Gasteiger partial charge in [-0.2, -0.15) is 5.10 Å². The van der Waals surface area contributed by atoms with Gasteiger partial charge in [-0.3, -0.25) is 4.68 Å². The number of aromatic nitrogens is 2. The molecule has 0 aliphatic heterocycles. The second kappa shape index (κ2) is 4.71. The lowest BCUT2D eigenvalue weighted by atomic mass is 10.2. The van der Waals surface area contributed by atoms with E-state index in [0.717, 1.165) is 16.1 Å². The van der Waals surface area contributed by atoms with Crippen LogP contribution in [0.4, 0.5) is 0 Å². The first-order chi connectivity index (χ1) is 8.09. The van der Waals surface area contributed by atoms with Gasteiger partial charge in [0, 0.05) is 17.6 Å². The van der Waals surface area contributed by atoms with Crippen LogP contribution in [0, 0.1) is 13.8 Å². The van der Waals surface area contributed by atoms with E-state index in [-0.39, 0.29) is 5.97 Å². The van der Waals surface area contributed by atoms with Crippen LogP contribution < -0.4 is 0 Å². The number of rotatable bonds is 3. The Morgan fingerprint density at radius 2 is 2.29 bits per heavy atom. The Hall–Kier alpha value is -1.62. The molecule has 2 aromatic rings. The van der Waals surface area contributed by atoms with Gasteiger partial charge in [0.1, 0.15) is 12.2 Å². The summed E-state index contributed by atoms with van der Waals surface area (Å²) < 4.78 is 6.93. The third kappa shape index (κ3) is 2.39. The maximum atomic E-state index is 11.8. The molecule has 0 saturated heterocycles. The summed E-state index contributed by atoms with van der Waals surface area (Å²) in [6.07, 6.45) is 1.54. The number of aryl methyl sites for hydroxylation is 2. The predicted molar refractivity (Wildman–Crippen MR) is 66.1 cm³/mol. The summed E-state index contributed by atoms with van der Waals surface area (Å²) in [4.78, 5) is 12.9. The van der Waals surface area contributed by atoms with E-state index in [2.05, 4.69) is 5.10 Å². The minimum Gasteiger partial charge on any atom is -0.456 e. The van der Waals surface area contributed by atoms with Crippen molar-refractivity contribution in [1.29, 1.82) is 0 Å². The molecule has 0 amide bonds. The average Bonchev–Trinajstić information content (AvgIpc) is 2.84. The standard InChI is InChI=1S/C12H14N2O2S/c1-8-4-5-17-11(8)7-16-12(15)10-6-13-14(3)9(10)2/h4-6H,7H2,1-3H3. The Balaban J connectivity index is 2.03. The number of carbonyl (C=O) groups is 1. The normalized spacial score (nSPS) is 10.5. The number of thiophene rings is 1. The van der Waals surface area contributed by atoms with E-state index in [0.29, 0.717) is 12.2 Å². The first kappa shape index (κ1) is 11.9. The molecular formula is C12H14N2O2S. The summed E-state index contributed by atoms with van der Waals surface area (Å²) in [7, 11) is 1.80. The van der Waals surface area contributed by atoms with E-state index < -0.39 is 0 Å². The second-order valence-electron chi connectivity index (χ2n) is 3.87. The lowest BCUT2D eigenvalue weighted by molar-refractivity contribution is 0.0475. The Morgan fingerprint density at radius 1 is 1.53 bits per heavy atom. The minimum absolute atomic E-state index is 0.316. The van der Waals surface area contributed by atoms with Crippen molar-refractivity contribution in [2.75, 3.05) is 0 Å². The molecular weight excluding hydrogens is 236 g/mol. The molecule has 2 aromatic heterocycles. The molecule has 0 N–H and O–H groups in total. The summed E-state index contributed by atoms with van der Waals surface area (Å²) in [5.41, 5.74) is 2.50. The Labute approximate surface area is 104 Å². The Morgan fingerprint density at radius 3 is 2.82 bits per heavy atom. The van der Waals surface area contributed by atoms with Crippen LogP contribution in [0.25, 0.3) is 0 Å². The highest BCUT2D eigenvalue weighted by Crippen LogP contribution is 2.17. The third-order valence-corrected chi connectivity index (χ3v) is 3.75. The molecule has 4 nitrogen and oxygen atoms in total. The van der Waals surface area contributed by atoms with Crippen molar-refractivity contribution in [3.63, 3.8) is 0 Å². The van der Waals surface area contributed by atoms with Crippen molar-refractivity contribution < 1.29 is 9.53 Å². The Kier molecular flexibility index (Phi) is 3.28. The number of nitrogens with zero attached hydrogens (tertiary/aromatic N) is 2. The summed E-state index contributed by atoms with van der Waals surface area (Å²) in [5, 5.41) is 6.01. The Bertz CT molecular complexity index is 542. The largest absolute Gasteiger partial charge is 0.456 e. The molecule has 0 aromatic carbocycles. The van der Waals surface area contributed by atoms with Gasteiger partial charge >= 0.3 is 5.97 Å². The van der Waals surface area contributed by atoms with Crippen molar-refractivity contribution in [2.45, 2.75) is 20.5 Å². The van der Waals surface area contributed by atoms with E-state index >= 15 is 0 Å². The summed E-state index contributed by atoms with van der Waals surface area (Å²) in [6, 6.07) is 2.02. The third-order valence-electron chi connectivity index (χ3n) is 2.76. The molecule has 0 fully saturated rings. The summed E-state index contributed by atoms with van der Waals surface area (Å²) >= 11 is 1.60. The summed E-state index contributed by atoms with van der Waals surface area (Å²) in [6.45, 7) is 4.19. The van der Waals surface area contributed by atoms with Crippen molar-refractivity contribution in [3.05, 3.63) is 39.3 Å². The van der Waals surface area contributed by atoms with E-state index in [1.807, 2.05) is 25.3 Å². The number of ether oxygens (including phenoxy) is 1. The molecule has 0 aliphatic carbocycles. The van der Waals surface area contributed by atoms with Crippen LogP contribution in [0.3, 0.4) is 0 Å². The van der Waals surface area contributed by atoms with Gasteiger partial charge in [-0.05, 0) is 30.9 Å². The first-order valence-electron chi connectivity index (χ1n) is 5.28. The molecule has 0 aliphatic rings. The number of hydrogen-bond donors (Lipinski definition) is 0. The minimum atomic E-state index is -0.316. The fourth-order valence-electron chi connectivity index (χ4n) is 1.46. The van der Waals surface area contributed by atoms with Crippen molar-refractivity contribution >= 4 is 17.3 Å². The quantitative estimate of drug-likeness (QED) is 0.786. The maximum Gasteiger partial charge on any atom is 0.341 e. The molecule has 0 atom stereocenters. The van der Waals surface area contributed by atoms with E-state index in [9.17, 15) is 4.79 Å². The lowest BCUT2D eigenvalue weighted by Gasteiger charge is -2.03. The number of hydrogen-bond acceptors (Lipinski definition) is 4. The maximum absolute atomic E-state index is 11.8. The van der Waals surface area contributed by atoms with Crippen LogP contribution in [0.5, 0.6) is 0 Å². The van der Waals surface area contributed by atoms with Crippen LogP contribution in [-0.4, -0.2) is 15.7 Å². The molecule has 0 unspecified atom stereocenters. The van der Waals surface area contributed by atoms with E-state index in [1.54, 1.807) is 29.3 Å². The zero-order chi connectivity index (χ0) is 12.4. The first-order valence-corrected chi connectivity index (χ1v) is 6.16. The van der Waals surface area contributed by atoms with Crippen molar-refractivity contribution in [1.82, 2.24) is 9.78 Å². The van der Waals surface area contributed by atoms with Crippen molar-refractivity contribution in [3.8, 4) is 0 Å². The van der Waals surface area contributed by atoms with Crippen LogP contribution in [0.15, 0.2) is 17.6 Å². The second-order valence-corrected chi connectivity index (χ2v) is 4.87. The van der Waals surface area contributed by atoms with Crippen LogP contribution in [0.2, 0.25) is 0 Å². The van der Waals surface area contributed by atoms with Crippen LogP contribution in [-0.2, 0) is 18.4 Å². The molecule has 17 heavy (non-hydrogen) atoms. The van der Waals surface area contributed by atoms with Gasteiger partial charge in [-0.25, -0.2) is 4.79 Å². The van der Waals surface area contributed by atoms with Gasteiger partial charge in [0.25, 0.3) is 0 Å². The highest BCUT2D eigenvalue weighted by Gasteiger charge is 2.14. The van der Waals surface area contributed by atoms with Gasteiger partial charge in [-0.1, -0.05) is 0 Å². The van der Waals surface area contributed by atoms with Gasteiger partial charge in [0.15, 0.2) is 0 Å². The fraction of sp³-hybridized carbons (Fsp3) is 0.333. The zero-order valence-corrected chi connectivity index (χ0v) is 10.9. The zero-order valence-electron chi connectivity index (χ0n) is 10.1. The molecule has 2 heterocycles. The van der Waals surface area contributed by atoms with Gasteiger partial charge < -0.3 is 4.74 Å². The molecule has 0 saturated carbocycles. The predicted octanol–water partition coefficient (Wildman–Crippen LogP) is 2.46. The van der Waals surface area contributed by atoms with Crippen molar-refractivity contribution in [2.24, 2.45) is 7.05 Å². The van der Waals surface area contributed by atoms with Crippen LogP contribution >= 0.6 is 11.3 Å².